The minimum Gasteiger partial charge on any atom is -0.481 e. The summed E-state index contributed by atoms with van der Waals surface area (Å²) >= 11 is 0. The lowest BCUT2D eigenvalue weighted by atomic mass is 10.3. The van der Waals surface area contributed by atoms with E-state index in [4.69, 9.17) is 5.11 Å². The maximum absolute atomic E-state index is 11.4. The number of nitrogens with one attached hydrogen (secondary N) is 1. The third-order valence-electron chi connectivity index (χ3n) is 2.18. The second-order valence-electron chi connectivity index (χ2n) is 3.70. The van der Waals surface area contributed by atoms with Gasteiger partial charge >= 0.3 is 5.97 Å². The highest BCUT2D eigenvalue weighted by atomic mass is 32.2. The molecule has 17 heavy (non-hydrogen) atoms. The molecule has 0 atom stereocenters. The fraction of sp³-hybridized carbons (Fsp3) is 0.556. The van der Waals surface area contributed by atoms with Crippen LogP contribution in [0.15, 0.2) is 6.20 Å². The summed E-state index contributed by atoms with van der Waals surface area (Å²) in [4.78, 5) is 10.3. The Morgan fingerprint density at radius 2 is 2.24 bits per heavy atom. The van der Waals surface area contributed by atoms with Crippen molar-refractivity contribution in [3.8, 4) is 0 Å². The fourth-order valence-corrected chi connectivity index (χ4v) is 2.27. The van der Waals surface area contributed by atoms with E-state index >= 15 is 0 Å². The standard InChI is InChI=1S/C9H15N3O4S/c1-7-8(6-12(2)11-7)5-10-17(15,16)4-3-9(13)14/h6,10H,3-5H2,1-2H3,(H,13,14). The number of carbonyl (C=O) groups is 1. The summed E-state index contributed by atoms with van der Waals surface area (Å²) in [6.07, 6.45) is 1.32. The first-order chi connectivity index (χ1) is 7.80. The van der Waals surface area contributed by atoms with E-state index in [-0.39, 0.29) is 6.54 Å². The van der Waals surface area contributed by atoms with Crippen molar-refractivity contribution < 1.29 is 18.3 Å². The van der Waals surface area contributed by atoms with Crippen LogP contribution in [0.2, 0.25) is 0 Å². The van der Waals surface area contributed by atoms with Gasteiger partial charge in [0.15, 0.2) is 0 Å². The normalized spacial score (nSPS) is 11.6. The van der Waals surface area contributed by atoms with Crippen LogP contribution >= 0.6 is 0 Å². The van der Waals surface area contributed by atoms with Crippen molar-refractivity contribution in [1.82, 2.24) is 14.5 Å². The summed E-state index contributed by atoms with van der Waals surface area (Å²) in [6.45, 7) is 1.91. The molecule has 0 fully saturated rings. The van der Waals surface area contributed by atoms with Crippen LogP contribution in [0.1, 0.15) is 17.7 Å². The predicted octanol–water partition coefficient (Wildman–Crippen LogP) is -0.377. The molecule has 0 aliphatic heterocycles. The van der Waals surface area contributed by atoms with Crippen molar-refractivity contribution >= 4 is 16.0 Å². The maximum Gasteiger partial charge on any atom is 0.304 e. The maximum atomic E-state index is 11.4. The van der Waals surface area contributed by atoms with Gasteiger partial charge in [-0.3, -0.25) is 9.48 Å². The predicted molar refractivity (Wildman–Crippen MR) is 60.8 cm³/mol. The molecule has 0 aliphatic rings. The Bertz CT molecular complexity index is 506. The molecule has 0 aromatic carbocycles. The number of sulfonamides is 1. The number of carboxylic acids is 1. The lowest BCUT2D eigenvalue weighted by Gasteiger charge is -2.04. The molecule has 0 unspecified atom stereocenters. The van der Waals surface area contributed by atoms with Crippen molar-refractivity contribution in [1.29, 1.82) is 0 Å². The number of aryl methyl sites for hydroxylation is 2. The first kappa shape index (κ1) is 13.7. The summed E-state index contributed by atoms with van der Waals surface area (Å²) in [5.41, 5.74) is 1.51. The molecule has 0 saturated carbocycles. The molecule has 7 nitrogen and oxygen atoms in total. The van der Waals surface area contributed by atoms with E-state index < -0.39 is 28.2 Å². The van der Waals surface area contributed by atoms with Gasteiger partial charge in [-0.15, -0.1) is 0 Å². The van der Waals surface area contributed by atoms with Crippen LogP contribution in [0, 0.1) is 6.92 Å². The van der Waals surface area contributed by atoms with Crippen LogP contribution in [0.3, 0.4) is 0 Å². The van der Waals surface area contributed by atoms with Gasteiger partial charge in [-0.2, -0.15) is 5.10 Å². The van der Waals surface area contributed by atoms with E-state index in [1.54, 1.807) is 24.9 Å². The zero-order valence-corrected chi connectivity index (χ0v) is 10.5. The molecule has 8 heteroatoms. The molecule has 0 saturated heterocycles. The lowest BCUT2D eigenvalue weighted by molar-refractivity contribution is -0.136. The highest BCUT2D eigenvalue weighted by Gasteiger charge is 2.13. The summed E-state index contributed by atoms with van der Waals surface area (Å²) < 4.78 is 26.8. The molecule has 0 amide bonds. The average Bonchev–Trinajstić information content (AvgIpc) is 2.52. The van der Waals surface area contributed by atoms with Gasteiger partial charge in [0.25, 0.3) is 0 Å². The molecule has 1 aromatic heterocycles. The van der Waals surface area contributed by atoms with Gasteiger partial charge in [0.2, 0.25) is 10.0 Å². The molecule has 0 aliphatic carbocycles. The zero-order valence-electron chi connectivity index (χ0n) is 9.67. The van der Waals surface area contributed by atoms with E-state index in [2.05, 4.69) is 9.82 Å². The first-order valence-electron chi connectivity index (χ1n) is 4.98. The third-order valence-corrected chi connectivity index (χ3v) is 3.51. The van der Waals surface area contributed by atoms with E-state index in [0.29, 0.717) is 0 Å². The van der Waals surface area contributed by atoms with Gasteiger partial charge in [-0.1, -0.05) is 0 Å². The van der Waals surface area contributed by atoms with E-state index in [1.807, 2.05) is 0 Å². The van der Waals surface area contributed by atoms with Gasteiger partial charge in [0, 0.05) is 25.4 Å². The SMILES string of the molecule is Cc1nn(C)cc1CNS(=O)(=O)CCC(=O)O. The van der Waals surface area contributed by atoms with E-state index in [9.17, 15) is 13.2 Å². The minimum absolute atomic E-state index is 0.127. The Morgan fingerprint density at radius 1 is 1.59 bits per heavy atom. The zero-order chi connectivity index (χ0) is 13.1. The lowest BCUT2D eigenvalue weighted by Crippen LogP contribution is -2.27. The van der Waals surface area contributed by atoms with Crippen LogP contribution in [0.5, 0.6) is 0 Å². The number of hydrogen-bond acceptors (Lipinski definition) is 4. The molecule has 1 rings (SSSR count). The Hall–Kier alpha value is -1.41. The van der Waals surface area contributed by atoms with Crippen LogP contribution < -0.4 is 4.72 Å². The Kier molecular flexibility index (Phi) is 4.24. The highest BCUT2D eigenvalue weighted by molar-refractivity contribution is 7.89. The summed E-state index contributed by atoms with van der Waals surface area (Å²) in [6, 6.07) is 0. The number of rotatable bonds is 6. The number of hydrogen-bond donors (Lipinski definition) is 2. The summed E-state index contributed by atoms with van der Waals surface area (Å²) in [5.74, 6) is -1.55. The second-order valence-corrected chi connectivity index (χ2v) is 5.62. The van der Waals surface area contributed by atoms with Gasteiger partial charge in [-0.25, -0.2) is 13.1 Å². The van der Waals surface area contributed by atoms with Gasteiger partial charge < -0.3 is 5.11 Å². The molecule has 96 valence electrons. The number of nitrogens with zero attached hydrogens (tertiary/aromatic N) is 2. The number of aliphatic carboxylic acids is 1. The van der Waals surface area contributed by atoms with E-state index in [1.165, 1.54) is 0 Å². The summed E-state index contributed by atoms with van der Waals surface area (Å²) in [7, 11) is -1.80. The first-order valence-corrected chi connectivity index (χ1v) is 6.63. The van der Waals surface area contributed by atoms with Crippen LogP contribution in [0.25, 0.3) is 0 Å². The smallest absolute Gasteiger partial charge is 0.304 e. The molecule has 0 spiro atoms. The molecule has 1 aromatic rings. The third kappa shape index (κ3) is 4.53. The van der Waals surface area contributed by atoms with Gasteiger partial charge in [-0.05, 0) is 6.92 Å². The van der Waals surface area contributed by atoms with Crippen molar-refractivity contribution in [3.05, 3.63) is 17.5 Å². The molecule has 1 heterocycles. The molecule has 0 bridgehead atoms. The monoisotopic (exact) mass is 261 g/mol. The molecular formula is C9H15N3O4S. The highest BCUT2D eigenvalue weighted by Crippen LogP contribution is 2.04. The largest absolute Gasteiger partial charge is 0.481 e. The van der Waals surface area contributed by atoms with Crippen molar-refractivity contribution in [2.75, 3.05) is 5.75 Å². The van der Waals surface area contributed by atoms with Crippen LogP contribution in [-0.4, -0.2) is 35.0 Å². The Morgan fingerprint density at radius 3 is 2.71 bits per heavy atom. The van der Waals surface area contributed by atoms with Gasteiger partial charge in [0.1, 0.15) is 0 Å². The molecule has 0 radical (unpaired) electrons. The van der Waals surface area contributed by atoms with Crippen molar-refractivity contribution in [3.63, 3.8) is 0 Å². The average molecular weight is 261 g/mol. The molecular weight excluding hydrogens is 246 g/mol. The van der Waals surface area contributed by atoms with Crippen LogP contribution in [0.4, 0.5) is 0 Å². The van der Waals surface area contributed by atoms with E-state index in [0.717, 1.165) is 11.3 Å². The fourth-order valence-electron chi connectivity index (χ4n) is 1.30. The number of carboxylic acid groups (broad SMARTS) is 1. The minimum atomic E-state index is -3.55. The Balaban J connectivity index is 2.55. The molecule has 2 N–H and O–H groups in total. The van der Waals surface area contributed by atoms with Crippen molar-refractivity contribution in [2.45, 2.75) is 19.9 Å². The number of aromatic nitrogens is 2. The van der Waals surface area contributed by atoms with Crippen LogP contribution in [-0.2, 0) is 28.4 Å². The topological polar surface area (TPSA) is 101 Å². The second kappa shape index (κ2) is 5.28. The van der Waals surface area contributed by atoms with Crippen molar-refractivity contribution in [2.24, 2.45) is 7.05 Å². The van der Waals surface area contributed by atoms with Gasteiger partial charge in [0.05, 0.1) is 17.9 Å². The quantitative estimate of drug-likeness (QED) is 0.727. The summed E-state index contributed by atoms with van der Waals surface area (Å²) in [5, 5.41) is 12.5. The Labute approximate surface area is 99.5 Å².